The first-order valence-corrected chi connectivity index (χ1v) is 8.67. The lowest BCUT2D eigenvalue weighted by Crippen LogP contribution is -2.31. The van der Waals surface area contributed by atoms with E-state index in [2.05, 4.69) is 22.0 Å². The van der Waals surface area contributed by atoms with Crippen LogP contribution in [0.1, 0.15) is 15.9 Å². The second-order valence-electron chi connectivity index (χ2n) is 6.38. The molecule has 130 valence electrons. The monoisotopic (exact) mass is 355 g/mol. The molecule has 3 aromatic rings. The molecular formula is C20H22ClN3O. The third kappa shape index (κ3) is 4.21. The van der Waals surface area contributed by atoms with Gasteiger partial charge in [-0.25, -0.2) is 0 Å². The van der Waals surface area contributed by atoms with Gasteiger partial charge in [-0.3, -0.25) is 4.79 Å². The Kier molecular flexibility index (Phi) is 5.41. The van der Waals surface area contributed by atoms with Crippen molar-refractivity contribution in [1.29, 1.82) is 0 Å². The van der Waals surface area contributed by atoms with Crippen LogP contribution in [0, 0.1) is 0 Å². The number of halogens is 1. The largest absolute Gasteiger partial charge is 0.351 e. The minimum atomic E-state index is -0.0686. The van der Waals surface area contributed by atoms with Gasteiger partial charge >= 0.3 is 0 Å². The van der Waals surface area contributed by atoms with Crippen molar-refractivity contribution in [1.82, 2.24) is 14.8 Å². The number of aromatic nitrogens is 1. The van der Waals surface area contributed by atoms with Crippen LogP contribution < -0.4 is 5.32 Å². The van der Waals surface area contributed by atoms with Crippen molar-refractivity contribution >= 4 is 28.4 Å². The first-order chi connectivity index (χ1) is 12.0. The number of rotatable bonds is 6. The topological polar surface area (TPSA) is 37.3 Å². The molecule has 0 atom stereocenters. The summed E-state index contributed by atoms with van der Waals surface area (Å²) in [5, 5.41) is 4.49. The van der Waals surface area contributed by atoms with E-state index in [4.69, 9.17) is 11.6 Å². The van der Waals surface area contributed by atoms with Gasteiger partial charge in [0.1, 0.15) is 0 Å². The van der Waals surface area contributed by atoms with E-state index in [-0.39, 0.29) is 5.91 Å². The predicted octanol–water partition coefficient (Wildman–Crippen LogP) is 3.63. The summed E-state index contributed by atoms with van der Waals surface area (Å²) in [6.07, 6.45) is 1.92. The molecule has 25 heavy (non-hydrogen) atoms. The Morgan fingerprint density at radius 1 is 1.16 bits per heavy atom. The number of carbonyl (C=O) groups excluding carboxylic acids is 1. The summed E-state index contributed by atoms with van der Waals surface area (Å²) >= 11 is 6.16. The maximum absolute atomic E-state index is 12.6. The molecule has 0 radical (unpaired) electrons. The average molecular weight is 356 g/mol. The molecule has 0 bridgehead atoms. The van der Waals surface area contributed by atoms with E-state index in [0.29, 0.717) is 23.7 Å². The molecule has 3 rings (SSSR count). The number of amides is 1. The lowest BCUT2D eigenvalue weighted by Gasteiger charge is -2.10. The highest BCUT2D eigenvalue weighted by atomic mass is 35.5. The molecule has 0 aliphatic carbocycles. The summed E-state index contributed by atoms with van der Waals surface area (Å²) in [5.41, 5.74) is 2.85. The fraction of sp³-hybridized carbons (Fsp3) is 0.250. The molecule has 4 nitrogen and oxygen atoms in total. The number of hydrogen-bond acceptors (Lipinski definition) is 2. The number of likely N-dealkylation sites (N-methyl/N-ethyl adjacent to an activating group) is 1. The molecule has 1 heterocycles. The minimum Gasteiger partial charge on any atom is -0.351 e. The highest BCUT2D eigenvalue weighted by Gasteiger charge is 2.15. The number of benzene rings is 2. The van der Waals surface area contributed by atoms with Crippen LogP contribution >= 0.6 is 11.6 Å². The van der Waals surface area contributed by atoms with E-state index < -0.39 is 0 Å². The standard InChI is InChI=1S/C20H22ClN3O/c1-23(2)11-10-22-20(25)18-14-24(13-15-6-4-3-5-7-15)19-9-8-16(21)12-17(18)19/h3-9,12,14H,10-11,13H2,1-2H3,(H,22,25). The van der Waals surface area contributed by atoms with E-state index >= 15 is 0 Å². The molecule has 0 spiro atoms. The quantitative estimate of drug-likeness (QED) is 0.733. The Morgan fingerprint density at radius 3 is 2.64 bits per heavy atom. The zero-order valence-electron chi connectivity index (χ0n) is 14.5. The SMILES string of the molecule is CN(C)CCNC(=O)c1cn(Cc2ccccc2)c2ccc(Cl)cc12. The summed E-state index contributed by atoms with van der Waals surface area (Å²) in [6, 6.07) is 15.9. The maximum atomic E-state index is 12.6. The van der Waals surface area contributed by atoms with Crippen LogP contribution in [-0.4, -0.2) is 42.6 Å². The molecule has 0 aliphatic heterocycles. The molecule has 0 unspecified atom stereocenters. The van der Waals surface area contributed by atoms with Crippen LogP contribution in [0.5, 0.6) is 0 Å². The molecule has 1 N–H and O–H groups in total. The molecular weight excluding hydrogens is 334 g/mol. The van der Waals surface area contributed by atoms with Gasteiger partial charge in [0.25, 0.3) is 5.91 Å². The Bertz CT molecular complexity index is 871. The van der Waals surface area contributed by atoms with Crippen molar-refractivity contribution in [2.75, 3.05) is 27.2 Å². The lowest BCUT2D eigenvalue weighted by atomic mass is 10.1. The molecule has 5 heteroatoms. The third-order valence-corrected chi connectivity index (χ3v) is 4.36. The van der Waals surface area contributed by atoms with Gasteiger partial charge in [0.2, 0.25) is 0 Å². The van der Waals surface area contributed by atoms with Crippen molar-refractivity contribution in [2.45, 2.75) is 6.54 Å². The Morgan fingerprint density at radius 2 is 1.92 bits per heavy atom. The van der Waals surface area contributed by atoms with Crippen LogP contribution in [0.3, 0.4) is 0 Å². The van der Waals surface area contributed by atoms with Crippen molar-refractivity contribution in [3.8, 4) is 0 Å². The maximum Gasteiger partial charge on any atom is 0.253 e. The zero-order chi connectivity index (χ0) is 17.8. The highest BCUT2D eigenvalue weighted by Crippen LogP contribution is 2.26. The zero-order valence-corrected chi connectivity index (χ0v) is 15.3. The van der Waals surface area contributed by atoms with Gasteiger partial charge in [-0.05, 0) is 37.9 Å². The van der Waals surface area contributed by atoms with Crippen LogP contribution in [0.15, 0.2) is 54.7 Å². The summed E-state index contributed by atoms with van der Waals surface area (Å²) < 4.78 is 2.10. The number of fused-ring (bicyclic) bond motifs is 1. The molecule has 1 aromatic heterocycles. The molecule has 0 fully saturated rings. The first kappa shape index (κ1) is 17.5. The second kappa shape index (κ2) is 7.72. The Hall–Kier alpha value is -2.30. The van der Waals surface area contributed by atoms with Gasteiger partial charge < -0.3 is 14.8 Å². The number of nitrogens with zero attached hydrogens (tertiary/aromatic N) is 2. The normalized spacial score (nSPS) is 11.2. The summed E-state index contributed by atoms with van der Waals surface area (Å²) in [4.78, 5) is 14.7. The summed E-state index contributed by atoms with van der Waals surface area (Å²) in [6.45, 7) is 2.12. The Labute approximate surface area is 153 Å². The van der Waals surface area contributed by atoms with Gasteiger partial charge in [0.05, 0.1) is 5.56 Å². The van der Waals surface area contributed by atoms with Crippen molar-refractivity contribution < 1.29 is 4.79 Å². The van der Waals surface area contributed by atoms with Crippen molar-refractivity contribution in [3.63, 3.8) is 0 Å². The van der Waals surface area contributed by atoms with E-state index in [1.807, 2.05) is 61.6 Å². The lowest BCUT2D eigenvalue weighted by molar-refractivity contribution is 0.0952. The second-order valence-corrected chi connectivity index (χ2v) is 6.81. The summed E-state index contributed by atoms with van der Waals surface area (Å²) in [5.74, 6) is -0.0686. The highest BCUT2D eigenvalue weighted by molar-refractivity contribution is 6.31. The van der Waals surface area contributed by atoms with Gasteiger partial charge in [0.15, 0.2) is 0 Å². The van der Waals surface area contributed by atoms with E-state index in [1.54, 1.807) is 0 Å². The third-order valence-electron chi connectivity index (χ3n) is 4.13. The van der Waals surface area contributed by atoms with Crippen LogP contribution in [-0.2, 0) is 6.54 Å². The number of hydrogen-bond donors (Lipinski definition) is 1. The van der Waals surface area contributed by atoms with Gasteiger partial charge in [0, 0.05) is 41.8 Å². The summed E-state index contributed by atoms with van der Waals surface area (Å²) in [7, 11) is 3.97. The smallest absolute Gasteiger partial charge is 0.253 e. The molecule has 2 aromatic carbocycles. The van der Waals surface area contributed by atoms with Gasteiger partial charge in [-0.1, -0.05) is 41.9 Å². The van der Waals surface area contributed by atoms with Gasteiger partial charge in [-0.15, -0.1) is 0 Å². The Balaban J connectivity index is 1.92. The van der Waals surface area contributed by atoms with Crippen LogP contribution in [0.2, 0.25) is 5.02 Å². The van der Waals surface area contributed by atoms with Crippen molar-refractivity contribution in [3.05, 3.63) is 70.9 Å². The molecule has 0 saturated carbocycles. The molecule has 0 saturated heterocycles. The van der Waals surface area contributed by atoms with Crippen molar-refractivity contribution in [2.24, 2.45) is 0 Å². The van der Waals surface area contributed by atoms with E-state index in [1.165, 1.54) is 5.56 Å². The predicted molar refractivity (Wildman–Crippen MR) is 103 cm³/mol. The number of nitrogens with one attached hydrogen (secondary N) is 1. The van der Waals surface area contributed by atoms with E-state index in [9.17, 15) is 4.79 Å². The van der Waals surface area contributed by atoms with Crippen LogP contribution in [0.25, 0.3) is 10.9 Å². The van der Waals surface area contributed by atoms with Crippen LogP contribution in [0.4, 0.5) is 0 Å². The van der Waals surface area contributed by atoms with E-state index in [0.717, 1.165) is 17.4 Å². The first-order valence-electron chi connectivity index (χ1n) is 8.30. The minimum absolute atomic E-state index is 0.0686. The fourth-order valence-corrected chi connectivity index (χ4v) is 3.02. The number of carbonyl (C=O) groups is 1. The molecule has 1 amide bonds. The fourth-order valence-electron chi connectivity index (χ4n) is 2.85. The van der Waals surface area contributed by atoms with Gasteiger partial charge in [-0.2, -0.15) is 0 Å². The molecule has 0 aliphatic rings. The average Bonchev–Trinajstić information content (AvgIpc) is 2.93.